The molecule has 0 saturated heterocycles. The average Bonchev–Trinajstić information content (AvgIpc) is 2.37. The standard InChI is InChI=1S/C12H13FN2O3.ClH/c1-2-18-12(17)9(13)10(15)8-5-3-4-7(6-14)11(8)16;/h3-5,9-10,16H,2,15H2,1H3;1H/t9?,10-;/m1./s1. The quantitative estimate of drug-likeness (QED) is 0.820. The maximum absolute atomic E-state index is 13.7. The lowest BCUT2D eigenvalue weighted by atomic mass is 9.99. The molecule has 0 amide bonds. The number of hydrogen-bond acceptors (Lipinski definition) is 5. The van der Waals surface area contributed by atoms with Crippen LogP contribution < -0.4 is 5.73 Å². The van der Waals surface area contributed by atoms with Crippen molar-refractivity contribution in [3.63, 3.8) is 0 Å². The maximum atomic E-state index is 13.7. The van der Waals surface area contributed by atoms with Crippen LogP contribution in [0.4, 0.5) is 4.39 Å². The zero-order chi connectivity index (χ0) is 13.7. The van der Waals surface area contributed by atoms with Gasteiger partial charge in [0.15, 0.2) is 0 Å². The van der Waals surface area contributed by atoms with E-state index in [1.54, 1.807) is 13.0 Å². The first-order valence-electron chi connectivity index (χ1n) is 5.31. The molecule has 5 nitrogen and oxygen atoms in total. The van der Waals surface area contributed by atoms with E-state index in [4.69, 9.17) is 11.0 Å². The van der Waals surface area contributed by atoms with Crippen molar-refractivity contribution in [3.05, 3.63) is 29.3 Å². The zero-order valence-electron chi connectivity index (χ0n) is 10.2. The molecule has 3 N–H and O–H groups in total. The number of aromatic hydroxyl groups is 1. The van der Waals surface area contributed by atoms with Crippen molar-refractivity contribution >= 4 is 18.4 Å². The van der Waals surface area contributed by atoms with Crippen molar-refractivity contribution in [1.29, 1.82) is 5.26 Å². The van der Waals surface area contributed by atoms with Crippen LogP contribution in [-0.4, -0.2) is 23.9 Å². The second kappa shape index (κ2) is 7.56. The van der Waals surface area contributed by atoms with Crippen molar-refractivity contribution < 1.29 is 19.0 Å². The van der Waals surface area contributed by atoms with E-state index in [2.05, 4.69) is 4.74 Å². The Labute approximate surface area is 116 Å². The van der Waals surface area contributed by atoms with Gasteiger partial charge in [0.25, 0.3) is 0 Å². The summed E-state index contributed by atoms with van der Waals surface area (Å²) < 4.78 is 18.2. The molecular weight excluding hydrogens is 275 g/mol. The third-order valence-electron chi connectivity index (χ3n) is 2.37. The topological polar surface area (TPSA) is 96.3 Å². The van der Waals surface area contributed by atoms with Gasteiger partial charge in [0, 0.05) is 5.56 Å². The lowest BCUT2D eigenvalue weighted by Gasteiger charge is -2.17. The number of benzene rings is 1. The van der Waals surface area contributed by atoms with Gasteiger partial charge < -0.3 is 15.6 Å². The van der Waals surface area contributed by atoms with Gasteiger partial charge in [0.05, 0.1) is 18.2 Å². The van der Waals surface area contributed by atoms with E-state index in [-0.39, 0.29) is 30.1 Å². The van der Waals surface area contributed by atoms with E-state index < -0.39 is 23.9 Å². The second-order valence-electron chi connectivity index (χ2n) is 3.53. The molecule has 1 unspecified atom stereocenters. The van der Waals surface area contributed by atoms with Gasteiger partial charge in [-0.15, -0.1) is 12.4 Å². The Balaban J connectivity index is 0.00000324. The molecule has 1 aromatic rings. The summed E-state index contributed by atoms with van der Waals surface area (Å²) >= 11 is 0. The summed E-state index contributed by atoms with van der Waals surface area (Å²) in [5, 5.41) is 18.4. The summed E-state index contributed by atoms with van der Waals surface area (Å²) in [4.78, 5) is 11.2. The van der Waals surface area contributed by atoms with Crippen LogP contribution in [0, 0.1) is 11.3 Å². The highest BCUT2D eigenvalue weighted by Gasteiger charge is 2.30. The fourth-order valence-corrected chi connectivity index (χ4v) is 1.45. The van der Waals surface area contributed by atoms with Crippen molar-refractivity contribution in [2.24, 2.45) is 5.73 Å². The van der Waals surface area contributed by atoms with Crippen LogP contribution in [0.3, 0.4) is 0 Å². The molecule has 0 aliphatic heterocycles. The molecule has 2 atom stereocenters. The van der Waals surface area contributed by atoms with Crippen LogP contribution in [0.15, 0.2) is 18.2 Å². The van der Waals surface area contributed by atoms with Gasteiger partial charge in [-0.2, -0.15) is 5.26 Å². The molecule has 7 heteroatoms. The number of nitriles is 1. The first-order chi connectivity index (χ1) is 8.52. The molecule has 0 heterocycles. The lowest BCUT2D eigenvalue weighted by Crippen LogP contribution is -2.31. The summed E-state index contributed by atoms with van der Waals surface area (Å²) in [6.07, 6.45) is -2.09. The van der Waals surface area contributed by atoms with Crippen LogP contribution in [-0.2, 0) is 9.53 Å². The van der Waals surface area contributed by atoms with Gasteiger partial charge in [-0.1, -0.05) is 12.1 Å². The van der Waals surface area contributed by atoms with Crippen molar-refractivity contribution in [2.75, 3.05) is 6.61 Å². The van der Waals surface area contributed by atoms with Crippen LogP contribution in [0.1, 0.15) is 24.1 Å². The Hall–Kier alpha value is -1.84. The van der Waals surface area contributed by atoms with Crippen LogP contribution >= 0.6 is 12.4 Å². The first kappa shape index (κ1) is 17.2. The van der Waals surface area contributed by atoms with Gasteiger partial charge in [-0.25, -0.2) is 9.18 Å². The Morgan fingerprint density at radius 2 is 2.26 bits per heavy atom. The summed E-state index contributed by atoms with van der Waals surface area (Å²) in [6, 6.07) is 4.53. The predicted molar refractivity (Wildman–Crippen MR) is 68.5 cm³/mol. The van der Waals surface area contributed by atoms with Crippen LogP contribution in [0.2, 0.25) is 0 Å². The highest BCUT2D eigenvalue weighted by molar-refractivity contribution is 5.85. The SMILES string of the molecule is CCOC(=O)C(F)[C@H](N)c1cccc(C#N)c1O.Cl. The number of para-hydroxylation sites is 1. The molecule has 0 bridgehead atoms. The number of halogens is 2. The van der Waals surface area contributed by atoms with Crippen LogP contribution in [0.5, 0.6) is 5.75 Å². The van der Waals surface area contributed by atoms with E-state index in [1.807, 2.05) is 0 Å². The Bertz CT molecular complexity index is 490. The number of esters is 1. The first-order valence-corrected chi connectivity index (χ1v) is 5.31. The fraction of sp³-hybridized carbons (Fsp3) is 0.333. The number of carbonyl (C=O) groups is 1. The third-order valence-corrected chi connectivity index (χ3v) is 2.37. The predicted octanol–water partition coefficient (Wildman–Crippen LogP) is 1.59. The number of alkyl halides is 1. The molecule has 0 saturated carbocycles. The molecule has 104 valence electrons. The summed E-state index contributed by atoms with van der Waals surface area (Å²) in [7, 11) is 0. The molecule has 0 aliphatic rings. The Morgan fingerprint density at radius 1 is 1.63 bits per heavy atom. The monoisotopic (exact) mass is 288 g/mol. The maximum Gasteiger partial charge on any atom is 0.342 e. The fourth-order valence-electron chi connectivity index (χ4n) is 1.45. The van der Waals surface area contributed by atoms with E-state index >= 15 is 0 Å². The average molecular weight is 289 g/mol. The normalized spacial score (nSPS) is 12.7. The lowest BCUT2D eigenvalue weighted by molar-refractivity contribution is -0.149. The van der Waals surface area contributed by atoms with Gasteiger partial charge in [-0.3, -0.25) is 0 Å². The van der Waals surface area contributed by atoms with Gasteiger partial charge >= 0.3 is 5.97 Å². The third kappa shape index (κ3) is 3.81. The molecule has 0 spiro atoms. The highest BCUT2D eigenvalue weighted by Crippen LogP contribution is 2.29. The van der Waals surface area contributed by atoms with Crippen LogP contribution in [0.25, 0.3) is 0 Å². The molecule has 1 aromatic carbocycles. The minimum absolute atomic E-state index is 0. The number of carbonyl (C=O) groups excluding carboxylic acids is 1. The Morgan fingerprint density at radius 3 is 2.79 bits per heavy atom. The van der Waals surface area contributed by atoms with E-state index in [9.17, 15) is 14.3 Å². The molecule has 0 aliphatic carbocycles. The smallest absolute Gasteiger partial charge is 0.342 e. The van der Waals surface area contributed by atoms with Crippen molar-refractivity contribution in [2.45, 2.75) is 19.1 Å². The van der Waals surface area contributed by atoms with E-state index in [0.29, 0.717) is 0 Å². The van der Waals surface area contributed by atoms with E-state index in [0.717, 1.165) is 0 Å². The molecule has 1 rings (SSSR count). The number of rotatable bonds is 4. The van der Waals surface area contributed by atoms with Gasteiger partial charge in [0.1, 0.15) is 11.8 Å². The van der Waals surface area contributed by atoms with Crippen molar-refractivity contribution in [1.82, 2.24) is 0 Å². The molecule has 19 heavy (non-hydrogen) atoms. The van der Waals surface area contributed by atoms with E-state index in [1.165, 1.54) is 18.2 Å². The molecule has 0 fully saturated rings. The number of ether oxygens (including phenoxy) is 1. The van der Waals surface area contributed by atoms with Gasteiger partial charge in [0.2, 0.25) is 6.17 Å². The minimum atomic E-state index is -2.09. The number of nitrogens with zero attached hydrogens (tertiary/aromatic N) is 1. The number of phenolic OH excluding ortho intramolecular Hbond substituents is 1. The summed E-state index contributed by atoms with van der Waals surface area (Å²) in [5.74, 6) is -1.51. The zero-order valence-corrected chi connectivity index (χ0v) is 11.0. The highest BCUT2D eigenvalue weighted by atomic mass is 35.5. The number of phenols is 1. The summed E-state index contributed by atoms with van der Waals surface area (Å²) in [6.45, 7) is 1.58. The molecular formula is C12H14ClFN2O3. The van der Waals surface area contributed by atoms with Crippen molar-refractivity contribution in [3.8, 4) is 11.8 Å². The summed E-state index contributed by atoms with van der Waals surface area (Å²) in [5.41, 5.74) is 5.52. The Kier molecular flexibility index (Phi) is 6.83. The minimum Gasteiger partial charge on any atom is -0.506 e. The molecule has 0 radical (unpaired) electrons. The number of hydrogen-bond donors (Lipinski definition) is 2. The number of nitrogens with two attached hydrogens (primary N) is 1. The largest absolute Gasteiger partial charge is 0.506 e. The second-order valence-corrected chi connectivity index (χ2v) is 3.53. The molecule has 0 aromatic heterocycles. The van der Waals surface area contributed by atoms with Gasteiger partial charge in [-0.05, 0) is 13.0 Å².